The second-order valence-electron chi connectivity index (χ2n) is 5.86. The van der Waals surface area contributed by atoms with Gasteiger partial charge in [0.2, 0.25) is 0 Å². The van der Waals surface area contributed by atoms with Crippen LogP contribution >= 0.6 is 12.2 Å². The number of hydrogen-bond donors (Lipinski definition) is 2. The van der Waals surface area contributed by atoms with Gasteiger partial charge < -0.3 is 16.0 Å². The van der Waals surface area contributed by atoms with Gasteiger partial charge in [-0.05, 0) is 39.1 Å². The average molecular weight is 313 g/mol. The third-order valence-corrected chi connectivity index (χ3v) is 4.64. The molecule has 0 unspecified atom stereocenters. The first kappa shape index (κ1) is 16.1. The summed E-state index contributed by atoms with van der Waals surface area (Å²) in [5.41, 5.74) is 5.46. The number of thiocarbonyl (C=S) groups is 1. The largest absolute Gasteiger partial charge is 0.389 e. The lowest BCUT2D eigenvalue weighted by Gasteiger charge is -2.36. The fourth-order valence-electron chi connectivity index (χ4n) is 2.95. The smallest absolute Gasteiger partial charge is 0.150 e. The molecule has 0 aliphatic heterocycles. The zero-order valence-corrected chi connectivity index (χ0v) is 13.2. The van der Waals surface area contributed by atoms with Crippen LogP contribution in [0.15, 0.2) is 12.1 Å². The molecule has 0 saturated heterocycles. The van der Waals surface area contributed by atoms with Gasteiger partial charge in [0.05, 0.1) is 0 Å². The molecule has 21 heavy (non-hydrogen) atoms. The van der Waals surface area contributed by atoms with Crippen molar-refractivity contribution >= 4 is 22.9 Å². The van der Waals surface area contributed by atoms with E-state index in [2.05, 4.69) is 10.2 Å². The molecule has 0 aromatic heterocycles. The van der Waals surface area contributed by atoms with Gasteiger partial charge in [-0.3, -0.25) is 0 Å². The zero-order valence-electron chi connectivity index (χ0n) is 12.4. The molecule has 0 radical (unpaired) electrons. The van der Waals surface area contributed by atoms with E-state index in [1.165, 1.54) is 12.1 Å². The summed E-state index contributed by atoms with van der Waals surface area (Å²) in [6.07, 6.45) is 4.35. The van der Waals surface area contributed by atoms with E-state index < -0.39 is 11.6 Å². The Morgan fingerprint density at radius 2 is 1.81 bits per heavy atom. The van der Waals surface area contributed by atoms with Crippen molar-refractivity contribution in [3.63, 3.8) is 0 Å². The van der Waals surface area contributed by atoms with Gasteiger partial charge in [0.15, 0.2) is 0 Å². The number of nitrogens with two attached hydrogens (primary N) is 1. The average Bonchev–Trinajstić information content (AvgIpc) is 2.87. The molecule has 0 heterocycles. The van der Waals surface area contributed by atoms with E-state index in [1.54, 1.807) is 0 Å². The van der Waals surface area contributed by atoms with Crippen molar-refractivity contribution in [3.8, 4) is 0 Å². The highest BCUT2D eigenvalue weighted by molar-refractivity contribution is 7.80. The van der Waals surface area contributed by atoms with Crippen molar-refractivity contribution in [1.82, 2.24) is 4.90 Å². The van der Waals surface area contributed by atoms with Gasteiger partial charge in [-0.25, -0.2) is 8.78 Å². The van der Waals surface area contributed by atoms with Gasteiger partial charge in [0, 0.05) is 17.6 Å². The molecule has 1 aliphatic carbocycles. The maximum atomic E-state index is 14.0. The van der Waals surface area contributed by atoms with Crippen molar-refractivity contribution < 1.29 is 8.78 Å². The van der Waals surface area contributed by atoms with Crippen LogP contribution in [0, 0.1) is 11.6 Å². The number of nitrogens with one attached hydrogen (secondary N) is 1. The highest BCUT2D eigenvalue weighted by Gasteiger charge is 2.36. The summed E-state index contributed by atoms with van der Waals surface area (Å²) in [6.45, 7) is 0.514. The summed E-state index contributed by atoms with van der Waals surface area (Å²) in [5.74, 6) is -1.32. The minimum Gasteiger partial charge on any atom is -0.389 e. The number of halogens is 2. The van der Waals surface area contributed by atoms with E-state index in [4.69, 9.17) is 18.0 Å². The van der Waals surface area contributed by atoms with Gasteiger partial charge in [0.25, 0.3) is 0 Å². The summed E-state index contributed by atoms with van der Waals surface area (Å²) in [6, 6.07) is 2.34. The lowest BCUT2D eigenvalue weighted by molar-refractivity contribution is 0.172. The van der Waals surface area contributed by atoms with Crippen molar-refractivity contribution in [2.45, 2.75) is 31.2 Å². The minimum atomic E-state index is -0.662. The topological polar surface area (TPSA) is 41.3 Å². The van der Waals surface area contributed by atoms with Crippen LogP contribution < -0.4 is 11.1 Å². The highest BCUT2D eigenvalue weighted by Crippen LogP contribution is 2.34. The van der Waals surface area contributed by atoms with Crippen molar-refractivity contribution in [2.24, 2.45) is 5.73 Å². The molecule has 1 aromatic carbocycles. The zero-order chi connectivity index (χ0) is 15.6. The van der Waals surface area contributed by atoms with Crippen molar-refractivity contribution in [3.05, 3.63) is 29.3 Å². The number of likely N-dealkylation sites (N-methyl/N-ethyl adjacent to an activating group) is 1. The predicted molar refractivity (Wildman–Crippen MR) is 85.6 cm³/mol. The van der Waals surface area contributed by atoms with Gasteiger partial charge in [-0.2, -0.15) is 0 Å². The molecular formula is C15H21F2N3S. The molecule has 3 nitrogen and oxygen atoms in total. The second kappa shape index (κ2) is 6.23. The molecule has 116 valence electrons. The van der Waals surface area contributed by atoms with E-state index >= 15 is 0 Å². The van der Waals surface area contributed by atoms with E-state index in [-0.39, 0.29) is 21.8 Å². The molecule has 2 rings (SSSR count). The summed E-state index contributed by atoms with van der Waals surface area (Å²) in [5, 5.41) is 2.94. The van der Waals surface area contributed by atoms with Gasteiger partial charge in [-0.15, -0.1) is 0 Å². The Kier molecular flexibility index (Phi) is 4.78. The number of rotatable bonds is 5. The highest BCUT2D eigenvalue weighted by atomic mass is 32.1. The summed E-state index contributed by atoms with van der Waals surface area (Å²) < 4.78 is 28.1. The second-order valence-corrected chi connectivity index (χ2v) is 6.30. The van der Waals surface area contributed by atoms with Crippen LogP contribution in [-0.2, 0) is 0 Å². The van der Waals surface area contributed by atoms with Crippen LogP contribution in [0.5, 0.6) is 0 Å². The third kappa shape index (κ3) is 3.32. The van der Waals surface area contributed by atoms with E-state index in [9.17, 15) is 8.78 Å². The number of hydrogen-bond acceptors (Lipinski definition) is 3. The maximum absolute atomic E-state index is 14.0. The fraction of sp³-hybridized carbons (Fsp3) is 0.533. The lowest BCUT2D eigenvalue weighted by Crippen LogP contribution is -2.47. The summed E-state index contributed by atoms with van der Waals surface area (Å²) >= 11 is 4.75. The van der Waals surface area contributed by atoms with Crippen molar-refractivity contribution in [2.75, 3.05) is 26.0 Å². The van der Waals surface area contributed by atoms with Crippen LogP contribution in [0.3, 0.4) is 0 Å². The third-order valence-electron chi connectivity index (χ3n) is 4.40. The molecular weight excluding hydrogens is 292 g/mol. The molecule has 1 aromatic rings. The Morgan fingerprint density at radius 3 is 2.24 bits per heavy atom. The van der Waals surface area contributed by atoms with Crippen LogP contribution in [0.4, 0.5) is 14.5 Å². The van der Waals surface area contributed by atoms with E-state index in [1.807, 2.05) is 14.1 Å². The lowest BCUT2D eigenvalue weighted by atomic mass is 9.96. The first-order chi connectivity index (χ1) is 9.85. The summed E-state index contributed by atoms with van der Waals surface area (Å²) in [7, 11) is 4.02. The van der Waals surface area contributed by atoms with E-state index in [0.29, 0.717) is 6.54 Å². The van der Waals surface area contributed by atoms with Crippen molar-refractivity contribution in [1.29, 1.82) is 0 Å². The number of anilines is 1. The first-order valence-corrected chi connectivity index (χ1v) is 7.47. The molecule has 3 N–H and O–H groups in total. The molecule has 1 aliphatic rings. The Bertz CT molecular complexity index is 517. The Morgan fingerprint density at radius 1 is 1.29 bits per heavy atom. The Labute approximate surface area is 129 Å². The first-order valence-electron chi connectivity index (χ1n) is 7.06. The van der Waals surface area contributed by atoms with Gasteiger partial charge in [0.1, 0.15) is 22.3 Å². The Hall–Kier alpha value is -1.27. The monoisotopic (exact) mass is 313 g/mol. The van der Waals surface area contributed by atoms with E-state index in [0.717, 1.165) is 25.7 Å². The fourth-order valence-corrected chi connectivity index (χ4v) is 3.07. The van der Waals surface area contributed by atoms with Crippen LogP contribution in [0.2, 0.25) is 0 Å². The predicted octanol–water partition coefficient (Wildman–Crippen LogP) is 2.89. The molecule has 1 saturated carbocycles. The van der Waals surface area contributed by atoms with Crippen LogP contribution in [-0.4, -0.2) is 36.1 Å². The molecule has 0 atom stereocenters. The number of benzene rings is 1. The normalized spacial score (nSPS) is 17.2. The molecule has 0 amide bonds. The van der Waals surface area contributed by atoms with Gasteiger partial charge in [-0.1, -0.05) is 25.1 Å². The molecule has 0 bridgehead atoms. The Balaban J connectivity index is 2.18. The standard InChI is InChI=1S/C15H21F2N3S/c1-20(2)15(5-3-4-6-15)9-19-13-11(16)7-10(14(18)21)8-12(13)17/h7-8,19H,3-6,9H2,1-2H3,(H2,18,21). The van der Waals surface area contributed by atoms with Crippen LogP contribution in [0.1, 0.15) is 31.2 Å². The minimum absolute atomic E-state index is 0.0140. The molecule has 0 spiro atoms. The quantitative estimate of drug-likeness (QED) is 0.820. The maximum Gasteiger partial charge on any atom is 0.150 e. The molecule has 6 heteroatoms. The molecule has 1 fully saturated rings. The van der Waals surface area contributed by atoms with Gasteiger partial charge >= 0.3 is 0 Å². The van der Waals surface area contributed by atoms with Crippen LogP contribution in [0.25, 0.3) is 0 Å². The SMILES string of the molecule is CN(C)C1(CNc2c(F)cc(C(N)=S)cc2F)CCCC1. The summed E-state index contributed by atoms with van der Waals surface area (Å²) in [4.78, 5) is 2.13. The number of nitrogens with zero attached hydrogens (tertiary/aromatic N) is 1.